The van der Waals surface area contributed by atoms with Gasteiger partial charge in [-0.3, -0.25) is 0 Å². The average Bonchev–Trinajstić information content (AvgIpc) is 2.23. The van der Waals surface area contributed by atoms with Crippen LogP contribution in [0.15, 0.2) is 18.5 Å². The fourth-order valence-corrected chi connectivity index (χ4v) is 1.04. The van der Waals surface area contributed by atoms with E-state index in [4.69, 9.17) is 4.74 Å². The van der Waals surface area contributed by atoms with Gasteiger partial charge in [0.05, 0.1) is 0 Å². The van der Waals surface area contributed by atoms with Crippen LogP contribution in [0.1, 0.15) is 20.8 Å². The molecule has 6 nitrogen and oxygen atoms in total. The van der Waals surface area contributed by atoms with Crippen LogP contribution in [0.4, 0.5) is 10.7 Å². The van der Waals surface area contributed by atoms with Crippen molar-refractivity contribution in [3.8, 4) is 0 Å². The van der Waals surface area contributed by atoms with E-state index in [0.29, 0.717) is 19.0 Å². The maximum absolute atomic E-state index is 11.3. The van der Waals surface area contributed by atoms with Crippen LogP contribution in [0.25, 0.3) is 0 Å². The molecule has 0 bridgehead atoms. The predicted octanol–water partition coefficient (Wildman–Crippen LogP) is 1.41. The van der Waals surface area contributed by atoms with Gasteiger partial charge in [-0.25, -0.2) is 14.8 Å². The SMILES string of the molecule is CC(C)(C)OC(=O)NCCNc1ncccn1. The highest BCUT2D eigenvalue weighted by molar-refractivity contribution is 5.67. The van der Waals surface area contributed by atoms with Gasteiger partial charge in [-0.1, -0.05) is 0 Å². The van der Waals surface area contributed by atoms with Gasteiger partial charge in [0, 0.05) is 25.5 Å². The number of nitrogens with zero attached hydrogens (tertiary/aromatic N) is 2. The Morgan fingerprint density at radius 2 is 1.94 bits per heavy atom. The van der Waals surface area contributed by atoms with Crippen LogP contribution in [0.3, 0.4) is 0 Å². The molecule has 6 heteroatoms. The first-order valence-corrected chi connectivity index (χ1v) is 5.45. The van der Waals surface area contributed by atoms with E-state index in [9.17, 15) is 4.79 Å². The molecule has 1 aromatic rings. The van der Waals surface area contributed by atoms with Crippen molar-refractivity contribution in [3.63, 3.8) is 0 Å². The number of carbonyl (C=O) groups is 1. The number of anilines is 1. The van der Waals surface area contributed by atoms with E-state index in [1.165, 1.54) is 0 Å². The van der Waals surface area contributed by atoms with Gasteiger partial charge in [-0.15, -0.1) is 0 Å². The third-order valence-electron chi connectivity index (χ3n) is 1.64. The lowest BCUT2D eigenvalue weighted by Gasteiger charge is -2.19. The molecule has 0 fully saturated rings. The average molecular weight is 238 g/mol. The summed E-state index contributed by atoms with van der Waals surface area (Å²) in [5.74, 6) is 0.540. The number of rotatable bonds is 4. The number of ether oxygens (including phenoxy) is 1. The Morgan fingerprint density at radius 1 is 1.29 bits per heavy atom. The number of nitrogens with one attached hydrogen (secondary N) is 2. The molecule has 0 aliphatic heterocycles. The molecule has 0 radical (unpaired) electrons. The van der Waals surface area contributed by atoms with Gasteiger partial charge < -0.3 is 15.4 Å². The predicted molar refractivity (Wildman–Crippen MR) is 64.8 cm³/mol. The van der Waals surface area contributed by atoms with E-state index in [1.54, 1.807) is 18.5 Å². The fourth-order valence-electron chi connectivity index (χ4n) is 1.04. The van der Waals surface area contributed by atoms with E-state index in [-0.39, 0.29) is 0 Å². The van der Waals surface area contributed by atoms with E-state index >= 15 is 0 Å². The summed E-state index contributed by atoms with van der Waals surface area (Å²) in [5, 5.41) is 5.60. The monoisotopic (exact) mass is 238 g/mol. The first kappa shape index (κ1) is 13.2. The van der Waals surface area contributed by atoms with Crippen LogP contribution in [0.5, 0.6) is 0 Å². The number of carbonyl (C=O) groups excluding carboxylic acids is 1. The van der Waals surface area contributed by atoms with Crippen molar-refractivity contribution < 1.29 is 9.53 Å². The van der Waals surface area contributed by atoms with Gasteiger partial charge in [0.15, 0.2) is 0 Å². The second-order valence-electron chi connectivity index (χ2n) is 4.43. The molecule has 0 unspecified atom stereocenters. The fraction of sp³-hybridized carbons (Fsp3) is 0.545. The lowest BCUT2D eigenvalue weighted by molar-refractivity contribution is 0.0530. The summed E-state index contributed by atoms with van der Waals surface area (Å²) in [6.45, 7) is 6.46. The molecular weight excluding hydrogens is 220 g/mol. The molecule has 0 saturated heterocycles. The minimum atomic E-state index is -0.472. The zero-order chi connectivity index (χ0) is 12.7. The third-order valence-corrected chi connectivity index (χ3v) is 1.64. The molecule has 0 aliphatic carbocycles. The number of amides is 1. The maximum atomic E-state index is 11.3. The zero-order valence-corrected chi connectivity index (χ0v) is 10.4. The summed E-state index contributed by atoms with van der Waals surface area (Å²) >= 11 is 0. The van der Waals surface area contributed by atoms with Crippen LogP contribution < -0.4 is 10.6 Å². The highest BCUT2D eigenvalue weighted by atomic mass is 16.6. The molecule has 0 saturated carbocycles. The molecule has 0 atom stereocenters. The Balaban J connectivity index is 2.14. The molecule has 0 aliphatic rings. The van der Waals surface area contributed by atoms with Crippen molar-refractivity contribution in [2.24, 2.45) is 0 Å². The van der Waals surface area contributed by atoms with Crippen LogP contribution in [-0.4, -0.2) is 34.8 Å². The number of hydrogen-bond acceptors (Lipinski definition) is 5. The van der Waals surface area contributed by atoms with Crippen LogP contribution in [-0.2, 0) is 4.74 Å². The highest BCUT2D eigenvalue weighted by Gasteiger charge is 2.15. The van der Waals surface area contributed by atoms with Crippen molar-refractivity contribution in [1.29, 1.82) is 0 Å². The second-order valence-corrected chi connectivity index (χ2v) is 4.43. The second kappa shape index (κ2) is 6.03. The zero-order valence-electron chi connectivity index (χ0n) is 10.4. The van der Waals surface area contributed by atoms with Crippen LogP contribution >= 0.6 is 0 Å². The standard InChI is InChI=1S/C11H18N4O2/c1-11(2,3)17-10(16)15-8-7-14-9-12-5-4-6-13-9/h4-6H,7-8H2,1-3H3,(H,15,16)(H,12,13,14). The maximum Gasteiger partial charge on any atom is 0.407 e. The lowest BCUT2D eigenvalue weighted by atomic mass is 10.2. The quantitative estimate of drug-likeness (QED) is 0.776. The summed E-state index contributed by atoms with van der Waals surface area (Å²) < 4.78 is 5.08. The van der Waals surface area contributed by atoms with Crippen molar-refractivity contribution in [2.45, 2.75) is 26.4 Å². The van der Waals surface area contributed by atoms with Gasteiger partial charge in [0.2, 0.25) is 5.95 Å². The molecule has 17 heavy (non-hydrogen) atoms. The summed E-state index contributed by atoms with van der Waals surface area (Å²) in [4.78, 5) is 19.3. The van der Waals surface area contributed by atoms with Crippen molar-refractivity contribution in [2.75, 3.05) is 18.4 Å². The molecule has 94 valence electrons. The van der Waals surface area contributed by atoms with Crippen LogP contribution in [0, 0.1) is 0 Å². The molecule has 1 rings (SSSR count). The molecule has 1 amide bonds. The van der Waals surface area contributed by atoms with E-state index in [1.807, 2.05) is 20.8 Å². The minimum absolute atomic E-state index is 0.423. The van der Waals surface area contributed by atoms with Gasteiger partial charge in [0.1, 0.15) is 5.60 Å². The van der Waals surface area contributed by atoms with Gasteiger partial charge in [-0.2, -0.15) is 0 Å². The Bertz CT molecular complexity index is 348. The summed E-state index contributed by atoms with van der Waals surface area (Å²) in [6, 6.07) is 1.74. The summed E-state index contributed by atoms with van der Waals surface area (Å²) in [5.41, 5.74) is -0.472. The molecular formula is C11H18N4O2. The largest absolute Gasteiger partial charge is 0.444 e. The molecule has 2 N–H and O–H groups in total. The Kier molecular flexibility index (Phi) is 4.68. The summed E-state index contributed by atoms with van der Waals surface area (Å²) in [7, 11) is 0. The number of aromatic nitrogens is 2. The Hall–Kier alpha value is -1.85. The topological polar surface area (TPSA) is 76.1 Å². The van der Waals surface area contributed by atoms with Gasteiger partial charge in [-0.05, 0) is 26.8 Å². The number of alkyl carbamates (subject to hydrolysis) is 1. The number of hydrogen-bond donors (Lipinski definition) is 2. The highest BCUT2D eigenvalue weighted by Crippen LogP contribution is 2.06. The minimum Gasteiger partial charge on any atom is -0.444 e. The Labute approximate surface area is 101 Å². The van der Waals surface area contributed by atoms with Crippen molar-refractivity contribution in [1.82, 2.24) is 15.3 Å². The van der Waals surface area contributed by atoms with Crippen molar-refractivity contribution >= 4 is 12.0 Å². The third kappa shape index (κ3) is 6.34. The normalized spacial score (nSPS) is 10.8. The van der Waals surface area contributed by atoms with Gasteiger partial charge in [0.25, 0.3) is 0 Å². The van der Waals surface area contributed by atoms with Crippen molar-refractivity contribution in [3.05, 3.63) is 18.5 Å². The Morgan fingerprint density at radius 3 is 2.53 bits per heavy atom. The first-order chi connectivity index (χ1) is 7.97. The summed E-state index contributed by atoms with van der Waals surface area (Å²) in [6.07, 6.45) is 2.88. The molecule has 0 spiro atoms. The van der Waals surface area contributed by atoms with Gasteiger partial charge >= 0.3 is 6.09 Å². The molecule has 1 heterocycles. The first-order valence-electron chi connectivity index (χ1n) is 5.45. The lowest BCUT2D eigenvalue weighted by Crippen LogP contribution is -2.35. The molecule has 1 aromatic heterocycles. The molecule has 0 aromatic carbocycles. The van der Waals surface area contributed by atoms with E-state index in [2.05, 4.69) is 20.6 Å². The van der Waals surface area contributed by atoms with E-state index < -0.39 is 11.7 Å². The van der Waals surface area contributed by atoms with Crippen LogP contribution in [0.2, 0.25) is 0 Å². The smallest absolute Gasteiger partial charge is 0.407 e. The van der Waals surface area contributed by atoms with E-state index in [0.717, 1.165) is 0 Å².